The second-order valence-electron chi connectivity index (χ2n) is 2.52. The molecule has 4 nitrogen and oxygen atoms in total. The lowest BCUT2D eigenvalue weighted by molar-refractivity contribution is -0.124. The molecule has 0 aromatic rings. The maximum atomic E-state index is 11.1. The highest BCUT2D eigenvalue weighted by Gasteiger charge is 2.23. The first kappa shape index (κ1) is 8.77. The Labute approximate surface area is 71.2 Å². The van der Waals surface area contributed by atoms with Crippen LogP contribution in [0.4, 0.5) is 0 Å². The summed E-state index contributed by atoms with van der Waals surface area (Å²) in [4.78, 5) is 23.7. The summed E-state index contributed by atoms with van der Waals surface area (Å²) in [6.07, 6.45) is 1.34. The van der Waals surface area contributed by atoms with E-state index in [2.05, 4.69) is 5.32 Å². The van der Waals surface area contributed by atoms with Crippen LogP contribution < -0.4 is 5.32 Å². The van der Waals surface area contributed by atoms with Gasteiger partial charge in [-0.05, 0) is 13.8 Å². The lowest BCUT2D eigenvalue weighted by atomic mass is 10.3. The van der Waals surface area contributed by atoms with Crippen molar-refractivity contribution in [3.63, 3.8) is 0 Å². The van der Waals surface area contributed by atoms with E-state index in [4.69, 9.17) is 0 Å². The quantitative estimate of drug-likeness (QED) is 0.597. The van der Waals surface area contributed by atoms with Gasteiger partial charge in [-0.1, -0.05) is 0 Å². The van der Waals surface area contributed by atoms with Crippen molar-refractivity contribution in [3.05, 3.63) is 11.8 Å². The molecule has 12 heavy (non-hydrogen) atoms. The van der Waals surface area contributed by atoms with Crippen LogP contribution in [0.1, 0.15) is 13.8 Å². The molecule has 0 saturated carbocycles. The highest BCUT2D eigenvalue weighted by Crippen LogP contribution is 2.07. The number of carbonyl (C=O) groups excluding carboxylic acids is 2. The van der Waals surface area contributed by atoms with Crippen molar-refractivity contribution in [2.24, 2.45) is 0 Å². The number of rotatable bonds is 3. The van der Waals surface area contributed by atoms with E-state index in [9.17, 15) is 9.59 Å². The summed E-state index contributed by atoms with van der Waals surface area (Å²) >= 11 is 0. The van der Waals surface area contributed by atoms with E-state index in [0.29, 0.717) is 5.70 Å². The Morgan fingerprint density at radius 1 is 1.33 bits per heavy atom. The Morgan fingerprint density at radius 3 is 2.25 bits per heavy atom. The van der Waals surface area contributed by atoms with Crippen LogP contribution in [0.2, 0.25) is 0 Å². The predicted octanol–water partition coefficient (Wildman–Crippen LogP) is -0.132. The molecule has 0 saturated heterocycles. The van der Waals surface area contributed by atoms with Gasteiger partial charge in [0.05, 0.1) is 0 Å². The molecule has 0 spiro atoms. The molecule has 0 aromatic heterocycles. The van der Waals surface area contributed by atoms with Gasteiger partial charge in [0.25, 0.3) is 11.8 Å². The van der Waals surface area contributed by atoms with Crippen LogP contribution in [0.5, 0.6) is 0 Å². The molecule has 1 N–H and O–H groups in total. The molecule has 0 atom stereocenters. The lowest BCUT2D eigenvalue weighted by Gasteiger charge is -2.19. The average molecular weight is 168 g/mol. The number of amides is 2. The summed E-state index contributed by atoms with van der Waals surface area (Å²) in [7, 11) is 0. The number of carbonyl (C=O) groups is 2. The monoisotopic (exact) mass is 168 g/mol. The molecular weight excluding hydrogens is 156 g/mol. The van der Waals surface area contributed by atoms with Crippen LogP contribution >= 0.6 is 0 Å². The Bertz CT molecular complexity index is 241. The number of nitrogens with one attached hydrogen (secondary N) is 1. The van der Waals surface area contributed by atoms with Gasteiger partial charge in [-0.15, -0.1) is 0 Å². The summed E-state index contributed by atoms with van der Waals surface area (Å²) in [5.41, 5.74) is 0.477. The van der Waals surface area contributed by atoms with Gasteiger partial charge in [-0.2, -0.15) is 0 Å². The standard InChI is InChI=1S/C8H12N2O2/c1-3-10(4-2)6-5-7(11)9-8(6)12/h5H,3-4H2,1-2H3,(H,9,11,12). The Hall–Kier alpha value is -1.32. The lowest BCUT2D eigenvalue weighted by Crippen LogP contribution is -2.30. The van der Waals surface area contributed by atoms with Gasteiger partial charge in [0.15, 0.2) is 0 Å². The van der Waals surface area contributed by atoms with E-state index < -0.39 is 0 Å². The van der Waals surface area contributed by atoms with Gasteiger partial charge < -0.3 is 4.90 Å². The second-order valence-corrected chi connectivity index (χ2v) is 2.52. The minimum Gasteiger partial charge on any atom is -0.367 e. The summed E-state index contributed by atoms with van der Waals surface area (Å²) in [6, 6.07) is 0. The highest BCUT2D eigenvalue weighted by atomic mass is 16.2. The van der Waals surface area contributed by atoms with Gasteiger partial charge in [0.1, 0.15) is 5.70 Å². The number of hydrogen-bond donors (Lipinski definition) is 1. The van der Waals surface area contributed by atoms with Crippen LogP contribution in [0.15, 0.2) is 11.8 Å². The third-order valence-electron chi connectivity index (χ3n) is 1.84. The van der Waals surface area contributed by atoms with Gasteiger partial charge in [-0.3, -0.25) is 14.9 Å². The molecular formula is C8H12N2O2. The van der Waals surface area contributed by atoms with Gasteiger partial charge in [-0.25, -0.2) is 0 Å². The fraction of sp³-hybridized carbons (Fsp3) is 0.500. The third-order valence-corrected chi connectivity index (χ3v) is 1.84. The fourth-order valence-corrected chi connectivity index (χ4v) is 1.20. The van der Waals surface area contributed by atoms with Crippen molar-refractivity contribution >= 4 is 11.8 Å². The second kappa shape index (κ2) is 3.38. The molecule has 1 rings (SSSR count). The molecule has 66 valence electrons. The first-order valence-corrected chi connectivity index (χ1v) is 4.01. The number of hydrogen-bond acceptors (Lipinski definition) is 3. The largest absolute Gasteiger partial charge is 0.367 e. The Morgan fingerprint density at radius 2 is 1.92 bits per heavy atom. The maximum Gasteiger partial charge on any atom is 0.274 e. The zero-order valence-corrected chi connectivity index (χ0v) is 7.26. The van der Waals surface area contributed by atoms with Crippen molar-refractivity contribution in [2.45, 2.75) is 13.8 Å². The molecule has 1 aliphatic rings. The van der Waals surface area contributed by atoms with Crippen LogP contribution in [-0.4, -0.2) is 29.8 Å². The topological polar surface area (TPSA) is 49.4 Å². The van der Waals surface area contributed by atoms with Crippen molar-refractivity contribution in [1.29, 1.82) is 0 Å². The predicted molar refractivity (Wildman–Crippen MR) is 44.2 cm³/mol. The molecule has 0 fully saturated rings. The first-order chi connectivity index (χ1) is 5.69. The van der Waals surface area contributed by atoms with Gasteiger partial charge in [0, 0.05) is 19.2 Å². The summed E-state index contributed by atoms with van der Waals surface area (Å²) in [5.74, 6) is -0.606. The molecule has 4 heteroatoms. The van der Waals surface area contributed by atoms with Crippen molar-refractivity contribution < 1.29 is 9.59 Å². The first-order valence-electron chi connectivity index (χ1n) is 4.01. The number of likely N-dealkylation sites (N-methyl/N-ethyl adjacent to an activating group) is 1. The fourth-order valence-electron chi connectivity index (χ4n) is 1.20. The summed E-state index contributed by atoms with van der Waals surface area (Å²) in [5, 5.41) is 2.20. The van der Waals surface area contributed by atoms with E-state index >= 15 is 0 Å². The van der Waals surface area contributed by atoms with Crippen molar-refractivity contribution in [2.75, 3.05) is 13.1 Å². The minimum atomic E-state index is -0.318. The molecule has 0 bridgehead atoms. The minimum absolute atomic E-state index is 0.288. The van der Waals surface area contributed by atoms with Crippen molar-refractivity contribution in [1.82, 2.24) is 10.2 Å². The van der Waals surface area contributed by atoms with Gasteiger partial charge >= 0.3 is 0 Å². The number of nitrogens with zero attached hydrogens (tertiary/aromatic N) is 1. The normalized spacial score (nSPS) is 16.0. The van der Waals surface area contributed by atoms with Crippen LogP contribution in [0.25, 0.3) is 0 Å². The Kier molecular flexibility index (Phi) is 2.47. The van der Waals surface area contributed by atoms with E-state index in [0.717, 1.165) is 13.1 Å². The average Bonchev–Trinajstić information content (AvgIpc) is 2.34. The van der Waals surface area contributed by atoms with E-state index in [-0.39, 0.29) is 11.8 Å². The van der Waals surface area contributed by atoms with Crippen LogP contribution in [0, 0.1) is 0 Å². The van der Waals surface area contributed by atoms with Crippen LogP contribution in [0.3, 0.4) is 0 Å². The summed E-state index contributed by atoms with van der Waals surface area (Å²) in [6.45, 7) is 5.37. The van der Waals surface area contributed by atoms with Crippen molar-refractivity contribution in [3.8, 4) is 0 Å². The van der Waals surface area contributed by atoms with E-state index in [1.807, 2.05) is 18.7 Å². The molecule has 0 radical (unpaired) electrons. The summed E-state index contributed by atoms with van der Waals surface area (Å²) < 4.78 is 0. The van der Waals surface area contributed by atoms with Gasteiger partial charge in [0.2, 0.25) is 0 Å². The molecule has 0 aromatic carbocycles. The smallest absolute Gasteiger partial charge is 0.274 e. The molecule has 0 unspecified atom stereocenters. The SMILES string of the molecule is CCN(CC)C1=CC(=O)NC1=O. The van der Waals surface area contributed by atoms with Crippen LogP contribution in [-0.2, 0) is 9.59 Å². The maximum absolute atomic E-state index is 11.1. The van der Waals surface area contributed by atoms with E-state index in [1.165, 1.54) is 6.08 Å². The number of imide groups is 1. The third kappa shape index (κ3) is 1.47. The molecule has 1 heterocycles. The molecule has 1 aliphatic heterocycles. The molecule has 2 amide bonds. The molecule has 0 aliphatic carbocycles. The highest BCUT2D eigenvalue weighted by molar-refractivity contribution is 6.15. The zero-order chi connectivity index (χ0) is 9.14. The Balaban J connectivity index is 2.79. The zero-order valence-electron chi connectivity index (χ0n) is 7.26. The van der Waals surface area contributed by atoms with E-state index in [1.54, 1.807) is 0 Å².